The lowest BCUT2D eigenvalue weighted by Gasteiger charge is -2.31. The molecule has 0 saturated carbocycles. The van der Waals surface area contributed by atoms with Gasteiger partial charge in [-0.25, -0.2) is 0 Å². The van der Waals surface area contributed by atoms with Crippen LogP contribution in [-0.2, 0) is 17.8 Å². The summed E-state index contributed by atoms with van der Waals surface area (Å²) in [7, 11) is -1.03. The first-order valence-electron chi connectivity index (χ1n) is 4.06. The summed E-state index contributed by atoms with van der Waals surface area (Å²) in [6.07, 6.45) is 0.516. The van der Waals surface area contributed by atoms with Crippen molar-refractivity contribution in [2.75, 3.05) is 21.3 Å². The van der Waals surface area contributed by atoms with E-state index in [0.717, 1.165) is 0 Å². The quantitative estimate of drug-likeness (QED) is 0.499. The summed E-state index contributed by atoms with van der Waals surface area (Å²) in [4.78, 5) is 17.5. The summed E-state index contributed by atoms with van der Waals surface area (Å²) in [6.45, 7) is 1.82. The first-order chi connectivity index (χ1) is 6.56. The molecule has 1 unspecified atom stereocenters. The predicted molar refractivity (Wildman–Crippen MR) is 53.3 cm³/mol. The minimum atomic E-state index is -2.94. The van der Waals surface area contributed by atoms with E-state index in [1.807, 2.05) is 6.92 Å². The Labute approximate surface area is 86.1 Å². The van der Waals surface area contributed by atoms with Crippen molar-refractivity contribution >= 4 is 17.4 Å². The fourth-order valence-corrected chi connectivity index (χ4v) is 4.11. The second kappa shape index (κ2) is 6.81. The van der Waals surface area contributed by atoms with E-state index in [-0.39, 0.29) is 0 Å². The smallest absolute Gasteiger partial charge is 0.375 e. The maximum Gasteiger partial charge on any atom is 0.531 e. The zero-order chi connectivity index (χ0) is 11.2. The van der Waals surface area contributed by atoms with Crippen molar-refractivity contribution in [2.24, 2.45) is 0 Å². The van der Waals surface area contributed by atoms with Gasteiger partial charge >= 0.3 is 17.4 Å². The second-order valence-corrected chi connectivity index (χ2v) is 6.26. The van der Waals surface area contributed by atoms with Crippen LogP contribution in [-0.4, -0.2) is 45.6 Å². The van der Waals surface area contributed by atoms with Gasteiger partial charge in [0.15, 0.2) is 0 Å². The molecule has 0 amide bonds. The Kier molecular flexibility index (Phi) is 7.01. The van der Waals surface area contributed by atoms with Crippen molar-refractivity contribution in [3.8, 4) is 0 Å². The Morgan fingerprint density at radius 1 is 1.14 bits per heavy atom. The third kappa shape index (κ3) is 3.52. The Bertz CT molecular complexity index is 145. The van der Waals surface area contributed by atoms with Crippen molar-refractivity contribution in [1.29, 1.82) is 0 Å². The van der Waals surface area contributed by atoms with Crippen LogP contribution in [0.2, 0.25) is 0 Å². The first kappa shape index (κ1) is 14.4. The van der Waals surface area contributed by atoms with Gasteiger partial charge in [0, 0.05) is 21.3 Å². The van der Waals surface area contributed by atoms with E-state index >= 15 is 0 Å². The molecule has 0 aromatic heterocycles. The van der Waals surface area contributed by atoms with Gasteiger partial charge in [-0.05, 0) is 6.42 Å². The minimum absolute atomic E-state index is 0.516. The molecule has 0 saturated heterocycles. The summed E-state index contributed by atoms with van der Waals surface area (Å²) in [5, 5.41) is 0. The standard InChI is InChI=1S/C6H17O6PSi/c1-5-6(12-13(7)8)14(9-2,10-3)11-4/h6-8H,5H2,1-4H3. The Hall–Kier alpha value is 0.407. The van der Waals surface area contributed by atoms with Crippen LogP contribution in [0, 0.1) is 0 Å². The van der Waals surface area contributed by atoms with Crippen molar-refractivity contribution in [3.05, 3.63) is 0 Å². The third-order valence-corrected chi connectivity index (χ3v) is 5.50. The highest BCUT2D eigenvalue weighted by molar-refractivity contribution is 7.39. The highest BCUT2D eigenvalue weighted by Gasteiger charge is 2.48. The largest absolute Gasteiger partial charge is 0.531 e. The molecule has 6 nitrogen and oxygen atoms in total. The van der Waals surface area contributed by atoms with E-state index in [2.05, 4.69) is 0 Å². The SMILES string of the molecule is CCC(OP(O)O)[Si](OC)(OC)OC. The zero-order valence-corrected chi connectivity index (χ0v) is 10.7. The van der Waals surface area contributed by atoms with Gasteiger partial charge in [0.25, 0.3) is 0 Å². The molecule has 0 aromatic carbocycles. The molecule has 0 rings (SSSR count). The van der Waals surface area contributed by atoms with Crippen LogP contribution in [0.3, 0.4) is 0 Å². The minimum Gasteiger partial charge on any atom is -0.375 e. The van der Waals surface area contributed by atoms with Gasteiger partial charge in [-0.2, -0.15) is 0 Å². The molecule has 8 heteroatoms. The van der Waals surface area contributed by atoms with E-state index in [9.17, 15) is 0 Å². The van der Waals surface area contributed by atoms with Crippen molar-refractivity contribution in [1.82, 2.24) is 0 Å². The number of rotatable bonds is 7. The predicted octanol–water partition coefficient (Wildman–Crippen LogP) is 0.410. The van der Waals surface area contributed by atoms with Gasteiger partial charge in [-0.15, -0.1) is 0 Å². The Morgan fingerprint density at radius 2 is 1.57 bits per heavy atom. The van der Waals surface area contributed by atoms with Crippen LogP contribution >= 0.6 is 8.60 Å². The molecule has 86 valence electrons. The summed E-state index contributed by atoms with van der Waals surface area (Å²) in [5.41, 5.74) is -0.566. The monoisotopic (exact) mass is 244 g/mol. The molecule has 0 heterocycles. The normalized spacial score (nSPS) is 14.8. The first-order valence-corrected chi connectivity index (χ1v) is 7.03. The average molecular weight is 244 g/mol. The Balaban J connectivity index is 4.56. The summed E-state index contributed by atoms with van der Waals surface area (Å²) in [5.74, 6) is 0. The highest BCUT2D eigenvalue weighted by Crippen LogP contribution is 2.32. The number of hydrogen-bond acceptors (Lipinski definition) is 6. The van der Waals surface area contributed by atoms with Crippen LogP contribution in [0.25, 0.3) is 0 Å². The van der Waals surface area contributed by atoms with Crippen LogP contribution in [0.15, 0.2) is 0 Å². The van der Waals surface area contributed by atoms with Crippen LogP contribution in [0.1, 0.15) is 13.3 Å². The molecular formula is C6H17O6PSi. The molecule has 0 spiro atoms. The van der Waals surface area contributed by atoms with Crippen LogP contribution < -0.4 is 0 Å². The molecule has 1 atom stereocenters. The molecule has 0 bridgehead atoms. The summed E-state index contributed by atoms with van der Waals surface area (Å²) >= 11 is 0. The van der Waals surface area contributed by atoms with Gasteiger partial charge in [0.05, 0.1) is 0 Å². The lowest BCUT2D eigenvalue weighted by atomic mass is 10.5. The summed E-state index contributed by atoms with van der Waals surface area (Å²) < 4.78 is 20.3. The molecule has 0 aliphatic rings. The van der Waals surface area contributed by atoms with Gasteiger partial charge in [-0.3, -0.25) is 0 Å². The van der Waals surface area contributed by atoms with Gasteiger partial charge < -0.3 is 27.6 Å². The molecule has 0 aliphatic carbocycles. The van der Waals surface area contributed by atoms with Gasteiger partial charge in [0.1, 0.15) is 5.73 Å². The molecule has 2 N–H and O–H groups in total. The fourth-order valence-electron chi connectivity index (χ4n) is 1.15. The maximum atomic E-state index is 8.76. The molecular weight excluding hydrogens is 227 g/mol. The van der Waals surface area contributed by atoms with Crippen LogP contribution in [0.4, 0.5) is 0 Å². The van der Waals surface area contributed by atoms with E-state index in [1.165, 1.54) is 21.3 Å². The fraction of sp³-hybridized carbons (Fsp3) is 1.00. The number of hydrogen-bond donors (Lipinski definition) is 2. The second-order valence-electron chi connectivity index (χ2n) is 2.47. The molecule has 0 aliphatic heterocycles. The van der Waals surface area contributed by atoms with E-state index < -0.39 is 23.1 Å². The third-order valence-electron chi connectivity index (χ3n) is 1.84. The highest BCUT2D eigenvalue weighted by atomic mass is 31.2. The van der Waals surface area contributed by atoms with Crippen molar-refractivity contribution < 1.29 is 27.6 Å². The zero-order valence-electron chi connectivity index (χ0n) is 8.76. The van der Waals surface area contributed by atoms with Crippen molar-refractivity contribution in [2.45, 2.75) is 19.1 Å². The molecule has 14 heavy (non-hydrogen) atoms. The van der Waals surface area contributed by atoms with Gasteiger partial charge in [-0.1, -0.05) is 6.92 Å². The van der Waals surface area contributed by atoms with Crippen molar-refractivity contribution in [3.63, 3.8) is 0 Å². The summed E-state index contributed by atoms with van der Waals surface area (Å²) in [6, 6.07) is 0. The topological polar surface area (TPSA) is 77.4 Å². The molecule has 0 radical (unpaired) electrons. The molecule has 0 aromatic rings. The molecule has 0 fully saturated rings. The lowest BCUT2D eigenvalue weighted by Crippen LogP contribution is -2.54. The van der Waals surface area contributed by atoms with E-state index in [4.69, 9.17) is 27.6 Å². The lowest BCUT2D eigenvalue weighted by molar-refractivity contribution is 0.0614. The Morgan fingerprint density at radius 3 is 1.79 bits per heavy atom. The average Bonchev–Trinajstić information content (AvgIpc) is 2.19. The van der Waals surface area contributed by atoms with E-state index in [0.29, 0.717) is 6.42 Å². The maximum absolute atomic E-state index is 8.76. The van der Waals surface area contributed by atoms with Gasteiger partial charge in [0.2, 0.25) is 0 Å². The van der Waals surface area contributed by atoms with Crippen LogP contribution in [0.5, 0.6) is 0 Å². The van der Waals surface area contributed by atoms with E-state index in [1.54, 1.807) is 0 Å².